The van der Waals surface area contributed by atoms with E-state index in [1.54, 1.807) is 11.8 Å². The van der Waals surface area contributed by atoms with Crippen molar-refractivity contribution < 1.29 is 9.59 Å². The highest BCUT2D eigenvalue weighted by Gasteiger charge is 2.54. The molecule has 4 fully saturated rings. The summed E-state index contributed by atoms with van der Waals surface area (Å²) in [5, 5.41) is 3.46. The van der Waals surface area contributed by atoms with Crippen molar-refractivity contribution in [3.8, 4) is 0 Å². The number of nitrogens with zero attached hydrogens (tertiary/aromatic N) is 2. The fourth-order valence-electron chi connectivity index (χ4n) is 4.64. The average molecular weight is 360 g/mol. The van der Waals surface area contributed by atoms with Crippen LogP contribution in [0.5, 0.6) is 0 Å². The van der Waals surface area contributed by atoms with Gasteiger partial charge in [-0.3, -0.25) is 9.59 Å². The minimum absolute atomic E-state index is 0. The van der Waals surface area contributed by atoms with Gasteiger partial charge in [0.15, 0.2) is 0 Å². The predicted octanol–water partition coefficient (Wildman–Crippen LogP) is 1.46. The minimum Gasteiger partial charge on any atom is -0.341 e. The second kappa shape index (κ2) is 6.12. The van der Waals surface area contributed by atoms with E-state index in [1.165, 1.54) is 6.42 Å². The van der Waals surface area contributed by atoms with Crippen LogP contribution in [-0.4, -0.2) is 64.5 Å². The molecule has 1 spiro atoms. The molecular weight excluding hydrogens is 334 g/mol. The predicted molar refractivity (Wildman–Crippen MR) is 93.7 cm³/mol. The Balaban J connectivity index is 0.00000156. The first-order chi connectivity index (χ1) is 10.5. The monoisotopic (exact) mass is 359 g/mol. The molecule has 4 aliphatic rings. The summed E-state index contributed by atoms with van der Waals surface area (Å²) in [6, 6.07) is -0.222. The Morgan fingerprint density at radius 1 is 1.26 bits per heavy atom. The number of nitrogens with one attached hydrogen (secondary N) is 1. The lowest BCUT2D eigenvalue weighted by atomic mass is 9.78. The van der Waals surface area contributed by atoms with E-state index in [0.29, 0.717) is 11.8 Å². The highest BCUT2D eigenvalue weighted by Crippen LogP contribution is 2.48. The molecule has 2 atom stereocenters. The first kappa shape index (κ1) is 17.4. The molecule has 0 saturated carbocycles. The maximum atomic E-state index is 12.9. The number of rotatable bonds is 1. The van der Waals surface area contributed by atoms with Crippen LogP contribution in [0.25, 0.3) is 0 Å². The van der Waals surface area contributed by atoms with Gasteiger partial charge in [-0.2, -0.15) is 0 Å². The van der Waals surface area contributed by atoms with Crippen molar-refractivity contribution in [1.29, 1.82) is 0 Å². The summed E-state index contributed by atoms with van der Waals surface area (Å²) < 4.78 is 0. The van der Waals surface area contributed by atoms with Crippen LogP contribution < -0.4 is 5.32 Å². The van der Waals surface area contributed by atoms with E-state index in [0.717, 1.165) is 51.2 Å². The number of carbonyl (C=O) groups excluding carboxylic acids is 2. The first-order valence-corrected chi connectivity index (χ1v) is 9.47. The standard InChI is InChI=1S/C16H25N3O2S.ClH/c1-15-3-2-13(20)19(15)12(10-22-15)14(21)18-8-5-16(6-9-18)4-7-17-11-16;/h12,17H,2-11H2,1H3;1H. The summed E-state index contributed by atoms with van der Waals surface area (Å²) in [5.41, 5.74) is 0.430. The Hall–Kier alpha value is -0.460. The van der Waals surface area contributed by atoms with Gasteiger partial charge in [-0.25, -0.2) is 0 Å². The van der Waals surface area contributed by atoms with Crippen molar-refractivity contribution in [3.05, 3.63) is 0 Å². The summed E-state index contributed by atoms with van der Waals surface area (Å²) in [6.45, 7) is 6.07. The van der Waals surface area contributed by atoms with Crippen LogP contribution in [0.1, 0.15) is 39.0 Å². The zero-order valence-electron chi connectivity index (χ0n) is 13.7. The lowest BCUT2D eigenvalue weighted by Gasteiger charge is -2.41. The number of likely N-dealkylation sites (tertiary alicyclic amines) is 1. The van der Waals surface area contributed by atoms with Crippen LogP contribution in [0.15, 0.2) is 0 Å². The minimum atomic E-state index is -0.222. The lowest BCUT2D eigenvalue weighted by Crippen LogP contribution is -2.54. The van der Waals surface area contributed by atoms with Crippen molar-refractivity contribution in [2.24, 2.45) is 5.41 Å². The van der Waals surface area contributed by atoms with Gasteiger partial charge in [0.05, 0.1) is 4.87 Å². The molecule has 0 radical (unpaired) electrons. The van der Waals surface area contributed by atoms with Crippen molar-refractivity contribution in [3.63, 3.8) is 0 Å². The number of thioether (sulfide) groups is 1. The quantitative estimate of drug-likeness (QED) is 0.770. The summed E-state index contributed by atoms with van der Waals surface area (Å²) in [6.07, 6.45) is 4.95. The second-order valence-corrected chi connectivity index (χ2v) is 9.02. The van der Waals surface area contributed by atoms with Crippen LogP contribution in [0.2, 0.25) is 0 Å². The molecule has 4 heterocycles. The smallest absolute Gasteiger partial charge is 0.246 e. The third-order valence-corrected chi connectivity index (χ3v) is 7.70. The molecule has 0 aromatic carbocycles. The van der Waals surface area contributed by atoms with Crippen LogP contribution in [0, 0.1) is 5.41 Å². The summed E-state index contributed by atoms with van der Waals surface area (Å²) in [7, 11) is 0. The van der Waals surface area contributed by atoms with Gasteiger partial charge in [0.2, 0.25) is 11.8 Å². The van der Waals surface area contributed by atoms with E-state index in [-0.39, 0.29) is 35.1 Å². The van der Waals surface area contributed by atoms with E-state index in [4.69, 9.17) is 0 Å². The molecule has 0 aromatic heterocycles. The highest BCUT2D eigenvalue weighted by atomic mass is 35.5. The van der Waals surface area contributed by atoms with Gasteiger partial charge in [0, 0.05) is 31.8 Å². The molecule has 0 aliphatic carbocycles. The Morgan fingerprint density at radius 2 is 2.00 bits per heavy atom. The number of carbonyl (C=O) groups is 2. The van der Waals surface area contributed by atoms with E-state index < -0.39 is 0 Å². The average Bonchev–Trinajstić information content (AvgIpc) is 3.17. The van der Waals surface area contributed by atoms with Gasteiger partial charge < -0.3 is 15.1 Å². The SMILES string of the molecule is CC12CCC(=O)N1C(C(=O)N1CCC3(CCNC3)CC1)CS2.Cl. The number of amides is 2. The lowest BCUT2D eigenvalue weighted by molar-refractivity contribution is -0.145. The topological polar surface area (TPSA) is 52.7 Å². The van der Waals surface area contributed by atoms with Crippen LogP contribution in [-0.2, 0) is 9.59 Å². The number of fused-ring (bicyclic) bond motifs is 1. The van der Waals surface area contributed by atoms with Gasteiger partial charge in [0.25, 0.3) is 0 Å². The van der Waals surface area contributed by atoms with E-state index in [2.05, 4.69) is 12.2 Å². The highest BCUT2D eigenvalue weighted by molar-refractivity contribution is 8.01. The molecule has 7 heteroatoms. The Morgan fingerprint density at radius 3 is 2.65 bits per heavy atom. The van der Waals surface area contributed by atoms with Crippen molar-refractivity contribution >= 4 is 36.0 Å². The molecule has 5 nitrogen and oxygen atoms in total. The molecule has 4 rings (SSSR count). The number of halogens is 1. The Kier molecular flexibility index (Phi) is 4.62. The zero-order chi connectivity index (χ0) is 15.4. The molecule has 1 N–H and O–H groups in total. The summed E-state index contributed by atoms with van der Waals surface area (Å²) >= 11 is 1.79. The molecule has 2 unspecified atom stereocenters. The van der Waals surface area contributed by atoms with Gasteiger partial charge in [-0.05, 0) is 44.6 Å². The van der Waals surface area contributed by atoms with Crippen molar-refractivity contribution in [2.75, 3.05) is 31.9 Å². The Labute approximate surface area is 148 Å². The van der Waals surface area contributed by atoms with Crippen LogP contribution in [0.4, 0.5) is 0 Å². The maximum Gasteiger partial charge on any atom is 0.246 e. The maximum absolute atomic E-state index is 12.9. The van der Waals surface area contributed by atoms with Gasteiger partial charge in [-0.15, -0.1) is 24.2 Å². The molecule has 130 valence electrons. The van der Waals surface area contributed by atoms with Gasteiger partial charge in [-0.1, -0.05) is 0 Å². The molecular formula is C16H26ClN3O2S. The molecule has 0 bridgehead atoms. The first-order valence-electron chi connectivity index (χ1n) is 8.49. The largest absolute Gasteiger partial charge is 0.341 e. The number of piperidine rings is 1. The van der Waals surface area contributed by atoms with E-state index in [1.807, 2.05) is 9.80 Å². The molecule has 4 aliphatic heterocycles. The van der Waals surface area contributed by atoms with Crippen molar-refractivity contribution in [2.45, 2.75) is 49.9 Å². The van der Waals surface area contributed by atoms with Gasteiger partial charge in [0.1, 0.15) is 6.04 Å². The fraction of sp³-hybridized carbons (Fsp3) is 0.875. The number of hydrogen-bond acceptors (Lipinski definition) is 4. The Bertz CT molecular complexity index is 502. The van der Waals surface area contributed by atoms with Crippen LogP contribution >= 0.6 is 24.2 Å². The summed E-state index contributed by atoms with van der Waals surface area (Å²) in [4.78, 5) is 28.9. The normalized spacial score (nSPS) is 35.5. The third kappa shape index (κ3) is 2.76. The molecule has 4 saturated heterocycles. The fourth-order valence-corrected chi connectivity index (χ4v) is 6.06. The summed E-state index contributed by atoms with van der Waals surface area (Å²) in [5.74, 6) is 1.12. The second-order valence-electron chi connectivity index (χ2n) is 7.52. The molecule has 23 heavy (non-hydrogen) atoms. The number of hydrogen-bond donors (Lipinski definition) is 1. The van der Waals surface area contributed by atoms with Crippen molar-refractivity contribution in [1.82, 2.24) is 15.1 Å². The van der Waals surface area contributed by atoms with E-state index in [9.17, 15) is 9.59 Å². The third-order valence-electron chi connectivity index (χ3n) is 6.20. The zero-order valence-corrected chi connectivity index (χ0v) is 15.3. The molecule has 2 amide bonds. The van der Waals surface area contributed by atoms with Crippen LogP contribution in [0.3, 0.4) is 0 Å². The molecule has 0 aromatic rings. The van der Waals surface area contributed by atoms with E-state index >= 15 is 0 Å². The van der Waals surface area contributed by atoms with Gasteiger partial charge >= 0.3 is 0 Å².